The zero-order valence-corrected chi connectivity index (χ0v) is 11.8. The van der Waals surface area contributed by atoms with Crippen molar-refractivity contribution in [1.29, 1.82) is 0 Å². The highest BCUT2D eigenvalue weighted by molar-refractivity contribution is 6.08. The maximum Gasteiger partial charge on any atom is 1.41 e. The normalized spacial score (nSPS) is 9.69. The third-order valence-electron chi connectivity index (χ3n) is 1.10. The van der Waals surface area contributed by atoms with Gasteiger partial charge in [-0.05, 0) is 27.2 Å². The Morgan fingerprint density at radius 2 is 1.46 bits per heavy atom. The number of unbranched alkanes of at least 4 members (excludes halogenated alkanes) is 3. The molecule has 0 aromatic carbocycles. The van der Waals surface area contributed by atoms with Gasteiger partial charge in [-0.3, -0.25) is 0 Å². The number of hydrogen-bond acceptors (Lipinski definition) is 1. The summed E-state index contributed by atoms with van der Waals surface area (Å²) >= 11 is 2.08. The summed E-state index contributed by atoms with van der Waals surface area (Å²) in [4.78, 5) is 0. The molecule has 0 amide bonds. The smallest absolute Gasteiger partial charge is 0.391 e. The predicted octanol–water partition coefficient (Wildman–Crippen LogP) is 3.35. The van der Waals surface area contributed by atoms with Crippen LogP contribution < -0.4 is 0 Å². The van der Waals surface area contributed by atoms with Gasteiger partial charge in [-0.2, -0.15) is 0 Å². The molecule has 0 aliphatic heterocycles. The Balaban J connectivity index is -0.000000150. The molecule has 3 heteroatoms. The quantitative estimate of drug-likeness (QED) is 0.568. The summed E-state index contributed by atoms with van der Waals surface area (Å²) in [5, 5.41) is 8.52. The van der Waals surface area contributed by atoms with Crippen LogP contribution in [0.2, 0.25) is 4.55 Å². The van der Waals surface area contributed by atoms with Gasteiger partial charge in [-0.1, -0.05) is 19.8 Å². The second kappa shape index (κ2) is 13.0. The van der Waals surface area contributed by atoms with E-state index in [1.807, 2.05) is 0 Å². The minimum absolute atomic E-state index is 0. The first-order valence-electron chi connectivity index (χ1n) is 4.93. The minimum Gasteiger partial charge on any atom is -0.391 e. The largest absolute Gasteiger partial charge is 1.41 e. The molecule has 0 unspecified atom stereocenters. The van der Waals surface area contributed by atoms with Gasteiger partial charge in [0.2, 0.25) is 0 Å². The molecule has 0 aromatic rings. The topological polar surface area (TPSA) is 20.2 Å². The van der Waals surface area contributed by atoms with Crippen LogP contribution in [-0.2, 0) is 0 Å². The van der Waals surface area contributed by atoms with Gasteiger partial charge >= 0.3 is 21.7 Å². The molecule has 0 atom stereocenters. The molecular formula is C10H24ClMgO+2. The van der Waals surface area contributed by atoms with Crippen LogP contribution >= 0.6 is 12.4 Å². The van der Waals surface area contributed by atoms with Gasteiger partial charge in [-0.15, -0.1) is 12.4 Å². The summed E-state index contributed by atoms with van der Waals surface area (Å²) in [7, 11) is 0. The van der Waals surface area contributed by atoms with E-state index >= 15 is 0 Å². The first kappa shape index (κ1) is 19.6. The molecule has 0 heterocycles. The SMILES string of the molecule is CC(C)(C)O.CCCCC[CH2][Mg+2].Cl. The number of hydrogen-bond donors (Lipinski definition) is 1. The van der Waals surface area contributed by atoms with Gasteiger partial charge < -0.3 is 5.11 Å². The third kappa shape index (κ3) is 62.8. The highest BCUT2D eigenvalue weighted by Crippen LogP contribution is 1.99. The molecule has 0 saturated carbocycles. The molecule has 0 bridgehead atoms. The van der Waals surface area contributed by atoms with Crippen LogP contribution in [0, 0.1) is 0 Å². The standard InChI is InChI=1S/C6H13.C4H10O.ClH.Mg/c1-3-5-6-4-2;1-4(2,3)5;;/h1,3-6H2,2H3;5H,1-3H3;1H;/q;;;+2. The lowest BCUT2D eigenvalue weighted by Crippen LogP contribution is -2.10. The second-order valence-electron chi connectivity index (χ2n) is 4.09. The molecule has 0 saturated heterocycles. The predicted molar refractivity (Wildman–Crippen MR) is 63.9 cm³/mol. The van der Waals surface area contributed by atoms with E-state index in [0.717, 1.165) is 0 Å². The third-order valence-corrected chi connectivity index (χ3v) is 1.60. The summed E-state index contributed by atoms with van der Waals surface area (Å²) < 4.78 is 1.39. The van der Waals surface area contributed by atoms with E-state index in [1.54, 1.807) is 20.8 Å². The first-order valence-corrected chi connectivity index (χ1v) is 5.93. The lowest BCUT2D eigenvalue weighted by molar-refractivity contribution is 0.102. The van der Waals surface area contributed by atoms with Crippen LogP contribution in [0.1, 0.15) is 53.4 Å². The highest BCUT2D eigenvalue weighted by Gasteiger charge is 2.19. The van der Waals surface area contributed by atoms with Gasteiger partial charge in [0, 0.05) is 6.42 Å². The zero-order chi connectivity index (χ0) is 10.0. The molecule has 0 aliphatic carbocycles. The van der Waals surface area contributed by atoms with Crippen LogP contribution in [0.15, 0.2) is 0 Å². The maximum absolute atomic E-state index is 8.52. The Labute approximate surface area is 103 Å². The van der Waals surface area contributed by atoms with Crippen LogP contribution in [0.5, 0.6) is 0 Å². The van der Waals surface area contributed by atoms with Crippen LogP contribution in [-0.4, -0.2) is 32.4 Å². The Kier molecular flexibility index (Phi) is 19.6. The van der Waals surface area contributed by atoms with E-state index in [0.29, 0.717) is 0 Å². The van der Waals surface area contributed by atoms with Crippen molar-refractivity contribution in [3.63, 3.8) is 0 Å². The van der Waals surface area contributed by atoms with E-state index < -0.39 is 5.60 Å². The average Bonchev–Trinajstić information content (AvgIpc) is 1.85. The molecule has 0 rings (SSSR count). The summed E-state index contributed by atoms with van der Waals surface area (Å²) in [6.45, 7) is 7.48. The summed E-state index contributed by atoms with van der Waals surface area (Å²) in [5.41, 5.74) is -0.500. The van der Waals surface area contributed by atoms with Crippen LogP contribution in [0.25, 0.3) is 0 Å². The fourth-order valence-electron chi connectivity index (χ4n) is 0.604. The molecule has 77 valence electrons. The average molecular weight is 220 g/mol. The van der Waals surface area contributed by atoms with E-state index in [-0.39, 0.29) is 12.4 Å². The van der Waals surface area contributed by atoms with Crippen LogP contribution in [0.3, 0.4) is 0 Å². The summed E-state index contributed by atoms with van der Waals surface area (Å²) in [5.74, 6) is 0. The van der Waals surface area contributed by atoms with Gasteiger partial charge in [0.1, 0.15) is 0 Å². The maximum atomic E-state index is 8.52. The minimum atomic E-state index is -0.500. The molecule has 0 spiro atoms. The van der Waals surface area contributed by atoms with E-state index in [1.165, 1.54) is 30.2 Å². The van der Waals surface area contributed by atoms with Gasteiger partial charge in [0.15, 0.2) is 0 Å². The van der Waals surface area contributed by atoms with Crippen molar-refractivity contribution in [3.05, 3.63) is 0 Å². The Morgan fingerprint density at radius 1 is 1.08 bits per heavy atom. The van der Waals surface area contributed by atoms with Crippen molar-refractivity contribution >= 4 is 34.1 Å². The van der Waals surface area contributed by atoms with Crippen molar-refractivity contribution in [1.82, 2.24) is 0 Å². The molecule has 13 heavy (non-hydrogen) atoms. The fraction of sp³-hybridized carbons (Fsp3) is 1.00. The fourth-order valence-corrected chi connectivity index (χ4v) is 0.957. The lowest BCUT2D eigenvalue weighted by atomic mass is 10.2. The molecule has 0 aliphatic rings. The molecule has 0 fully saturated rings. The molecule has 7 radical (unpaired) electrons. The Hall–Kier alpha value is 1.02. The van der Waals surface area contributed by atoms with Crippen molar-refractivity contribution in [2.45, 2.75) is 63.5 Å². The van der Waals surface area contributed by atoms with Crippen molar-refractivity contribution in [2.24, 2.45) is 0 Å². The lowest BCUT2D eigenvalue weighted by Gasteiger charge is -2.04. The zero-order valence-electron chi connectivity index (χ0n) is 9.60. The van der Waals surface area contributed by atoms with Crippen molar-refractivity contribution < 1.29 is 5.11 Å². The Bertz CT molecular complexity index is 71.5. The van der Waals surface area contributed by atoms with Gasteiger partial charge in [0.05, 0.1) is 5.60 Å². The monoisotopic (exact) mass is 219 g/mol. The number of rotatable bonds is 4. The van der Waals surface area contributed by atoms with Crippen molar-refractivity contribution in [3.8, 4) is 0 Å². The number of halogens is 1. The second-order valence-corrected chi connectivity index (χ2v) is 4.79. The van der Waals surface area contributed by atoms with Crippen molar-refractivity contribution in [2.75, 3.05) is 0 Å². The highest BCUT2D eigenvalue weighted by atomic mass is 35.5. The molecule has 0 aromatic heterocycles. The molecular weight excluding hydrogens is 196 g/mol. The summed E-state index contributed by atoms with van der Waals surface area (Å²) in [6, 6.07) is 0. The Morgan fingerprint density at radius 3 is 1.69 bits per heavy atom. The van der Waals surface area contributed by atoms with Gasteiger partial charge in [0.25, 0.3) is 4.55 Å². The van der Waals surface area contributed by atoms with Crippen LogP contribution in [0.4, 0.5) is 0 Å². The number of aliphatic hydroxyl groups is 1. The first-order chi connectivity index (χ1) is 5.41. The van der Waals surface area contributed by atoms with Gasteiger partial charge in [-0.25, -0.2) is 0 Å². The van der Waals surface area contributed by atoms with E-state index in [9.17, 15) is 0 Å². The van der Waals surface area contributed by atoms with E-state index in [2.05, 4.69) is 28.6 Å². The molecule has 1 nitrogen and oxygen atoms in total. The van der Waals surface area contributed by atoms with E-state index in [4.69, 9.17) is 5.11 Å². The molecule has 1 N–H and O–H groups in total. The summed E-state index contributed by atoms with van der Waals surface area (Å²) in [6.07, 6.45) is 5.67.